The van der Waals surface area contributed by atoms with Crippen LogP contribution in [0.25, 0.3) is 0 Å². The molecule has 0 unspecified atom stereocenters. The van der Waals surface area contributed by atoms with Crippen LogP contribution in [0.4, 0.5) is 0 Å². The zero-order valence-electron chi connectivity index (χ0n) is 10.9. The van der Waals surface area contributed by atoms with E-state index < -0.39 is 5.41 Å². The Kier molecular flexibility index (Phi) is 3.38. The Morgan fingerprint density at radius 1 is 1.39 bits per heavy atom. The molecule has 2 rings (SSSR count). The van der Waals surface area contributed by atoms with Crippen molar-refractivity contribution in [1.29, 1.82) is 5.26 Å². The third-order valence-electron chi connectivity index (χ3n) is 3.45. The van der Waals surface area contributed by atoms with Crippen LogP contribution in [0.15, 0.2) is 30.3 Å². The van der Waals surface area contributed by atoms with Crippen LogP contribution in [0.5, 0.6) is 0 Å². The fraction of sp³-hybridized carbons (Fsp3) is 0.467. The van der Waals surface area contributed by atoms with Gasteiger partial charge in [-0.15, -0.1) is 0 Å². The highest BCUT2D eigenvalue weighted by Crippen LogP contribution is 2.47. The van der Waals surface area contributed by atoms with Crippen molar-refractivity contribution in [3.8, 4) is 6.07 Å². The van der Waals surface area contributed by atoms with E-state index in [0.717, 1.165) is 5.56 Å². The molecule has 1 saturated carbocycles. The fourth-order valence-corrected chi connectivity index (χ4v) is 2.04. The average Bonchev–Trinajstić information content (AvgIpc) is 3.17. The van der Waals surface area contributed by atoms with Gasteiger partial charge in [-0.25, -0.2) is 0 Å². The lowest BCUT2D eigenvalue weighted by Crippen LogP contribution is -2.40. The van der Waals surface area contributed by atoms with Gasteiger partial charge >= 0.3 is 0 Å². The van der Waals surface area contributed by atoms with Crippen molar-refractivity contribution in [2.45, 2.75) is 39.3 Å². The van der Waals surface area contributed by atoms with E-state index in [1.807, 2.05) is 49.1 Å². The Morgan fingerprint density at radius 3 is 2.44 bits per heavy atom. The average molecular weight is 242 g/mol. The van der Waals surface area contributed by atoms with Crippen molar-refractivity contribution in [3.63, 3.8) is 0 Å². The summed E-state index contributed by atoms with van der Waals surface area (Å²) in [6.45, 7) is 4.57. The zero-order chi connectivity index (χ0) is 13.2. The summed E-state index contributed by atoms with van der Waals surface area (Å²) in [6.07, 6.45) is 1.42. The summed E-state index contributed by atoms with van der Waals surface area (Å²) in [5, 5.41) is 9.13. The number of nitriles is 1. The minimum absolute atomic E-state index is 0.0103. The molecule has 3 nitrogen and oxygen atoms in total. The van der Waals surface area contributed by atoms with Crippen LogP contribution in [-0.4, -0.2) is 16.8 Å². The van der Waals surface area contributed by atoms with Crippen molar-refractivity contribution < 1.29 is 4.79 Å². The molecule has 94 valence electrons. The van der Waals surface area contributed by atoms with Crippen LogP contribution in [0.1, 0.15) is 32.3 Å². The summed E-state index contributed by atoms with van der Waals surface area (Å²) in [6, 6.07) is 12.2. The highest BCUT2D eigenvalue weighted by atomic mass is 16.2. The molecule has 3 heteroatoms. The molecule has 0 bridgehead atoms. The summed E-state index contributed by atoms with van der Waals surface area (Å²) in [4.78, 5) is 14.2. The van der Waals surface area contributed by atoms with Crippen molar-refractivity contribution in [3.05, 3.63) is 35.9 Å². The molecule has 0 heterocycles. The smallest absolute Gasteiger partial charge is 0.243 e. The summed E-state index contributed by atoms with van der Waals surface area (Å²) >= 11 is 0. The molecule has 1 aromatic rings. The van der Waals surface area contributed by atoms with Crippen LogP contribution in [-0.2, 0) is 11.3 Å². The first kappa shape index (κ1) is 12.6. The molecule has 1 fully saturated rings. The number of hydrogen-bond donors (Lipinski definition) is 0. The summed E-state index contributed by atoms with van der Waals surface area (Å²) in [5.74, 6) is -0.0103. The summed E-state index contributed by atoms with van der Waals surface area (Å²) in [5.41, 5.74) is 0.382. The predicted octanol–water partition coefficient (Wildman–Crippen LogP) is 2.73. The predicted molar refractivity (Wildman–Crippen MR) is 69.4 cm³/mol. The largest absolute Gasteiger partial charge is 0.335 e. The van der Waals surface area contributed by atoms with Crippen LogP contribution in [0.3, 0.4) is 0 Å². The van der Waals surface area contributed by atoms with Gasteiger partial charge in [0.15, 0.2) is 0 Å². The maximum Gasteiger partial charge on any atom is 0.243 e. The molecule has 0 radical (unpaired) electrons. The number of amides is 1. The summed E-state index contributed by atoms with van der Waals surface area (Å²) < 4.78 is 0. The first-order chi connectivity index (χ1) is 8.59. The molecular weight excluding hydrogens is 224 g/mol. The van der Waals surface area contributed by atoms with E-state index in [0.29, 0.717) is 19.4 Å². The molecule has 0 N–H and O–H groups in total. The lowest BCUT2D eigenvalue weighted by molar-refractivity contribution is -0.137. The van der Waals surface area contributed by atoms with Gasteiger partial charge in [-0.05, 0) is 32.3 Å². The molecule has 1 aliphatic carbocycles. The normalized spacial score (nSPS) is 16.1. The Morgan fingerprint density at radius 2 is 2.00 bits per heavy atom. The molecular formula is C15H18N2O. The van der Waals surface area contributed by atoms with Gasteiger partial charge in [0.1, 0.15) is 5.41 Å². The Hall–Kier alpha value is -1.82. The second-order valence-corrected chi connectivity index (χ2v) is 5.21. The number of rotatable bonds is 4. The Labute approximate surface area is 108 Å². The van der Waals surface area contributed by atoms with Gasteiger partial charge in [0.25, 0.3) is 0 Å². The summed E-state index contributed by atoms with van der Waals surface area (Å²) in [7, 11) is 0. The Balaban J connectivity index is 2.15. The number of hydrogen-bond acceptors (Lipinski definition) is 2. The number of carbonyl (C=O) groups is 1. The number of benzene rings is 1. The van der Waals surface area contributed by atoms with Gasteiger partial charge in [-0.1, -0.05) is 30.3 Å². The van der Waals surface area contributed by atoms with Crippen molar-refractivity contribution in [1.82, 2.24) is 4.90 Å². The van der Waals surface area contributed by atoms with E-state index in [1.165, 1.54) is 0 Å². The van der Waals surface area contributed by atoms with Gasteiger partial charge in [0.2, 0.25) is 5.91 Å². The fourth-order valence-electron chi connectivity index (χ4n) is 2.04. The molecule has 1 aliphatic rings. The third-order valence-corrected chi connectivity index (χ3v) is 3.45. The number of nitrogens with zero attached hydrogens (tertiary/aromatic N) is 2. The van der Waals surface area contributed by atoms with Crippen molar-refractivity contribution in [2.24, 2.45) is 5.41 Å². The second-order valence-electron chi connectivity index (χ2n) is 5.21. The first-order valence-corrected chi connectivity index (χ1v) is 6.35. The van der Waals surface area contributed by atoms with Gasteiger partial charge < -0.3 is 4.90 Å². The first-order valence-electron chi connectivity index (χ1n) is 6.35. The molecule has 0 spiro atoms. The highest BCUT2D eigenvalue weighted by Gasteiger charge is 2.52. The van der Waals surface area contributed by atoms with Crippen LogP contribution >= 0.6 is 0 Å². The molecule has 0 atom stereocenters. The van der Waals surface area contributed by atoms with Gasteiger partial charge in [0, 0.05) is 12.6 Å². The molecule has 0 saturated heterocycles. The van der Waals surface area contributed by atoms with Crippen LogP contribution < -0.4 is 0 Å². The van der Waals surface area contributed by atoms with Gasteiger partial charge in [-0.3, -0.25) is 4.79 Å². The lowest BCUT2D eigenvalue weighted by atomic mass is 10.1. The van der Waals surface area contributed by atoms with Crippen molar-refractivity contribution >= 4 is 5.91 Å². The van der Waals surface area contributed by atoms with E-state index in [4.69, 9.17) is 5.26 Å². The molecule has 0 aromatic heterocycles. The lowest BCUT2D eigenvalue weighted by Gasteiger charge is -2.28. The number of carbonyl (C=O) groups excluding carboxylic acids is 1. The van der Waals surface area contributed by atoms with E-state index >= 15 is 0 Å². The maximum atomic E-state index is 12.4. The maximum absolute atomic E-state index is 12.4. The second kappa shape index (κ2) is 4.81. The van der Waals surface area contributed by atoms with Crippen LogP contribution in [0, 0.1) is 16.7 Å². The minimum atomic E-state index is -0.723. The van der Waals surface area contributed by atoms with E-state index in [2.05, 4.69) is 6.07 Å². The highest BCUT2D eigenvalue weighted by molar-refractivity contribution is 5.88. The van der Waals surface area contributed by atoms with E-state index in [1.54, 1.807) is 0 Å². The van der Waals surface area contributed by atoms with E-state index in [9.17, 15) is 4.79 Å². The van der Waals surface area contributed by atoms with Gasteiger partial charge in [-0.2, -0.15) is 5.26 Å². The van der Waals surface area contributed by atoms with Crippen molar-refractivity contribution in [2.75, 3.05) is 0 Å². The third kappa shape index (κ3) is 2.38. The van der Waals surface area contributed by atoms with Crippen LogP contribution in [0.2, 0.25) is 0 Å². The minimum Gasteiger partial charge on any atom is -0.335 e. The SMILES string of the molecule is CC(C)N(Cc1ccccc1)C(=O)C1(C#N)CC1. The van der Waals surface area contributed by atoms with Gasteiger partial charge in [0.05, 0.1) is 6.07 Å². The van der Waals surface area contributed by atoms with E-state index in [-0.39, 0.29) is 11.9 Å². The standard InChI is InChI=1S/C15H18N2O/c1-12(2)17(10-13-6-4-3-5-7-13)14(18)15(11-16)8-9-15/h3-7,12H,8-10H2,1-2H3. The molecule has 0 aliphatic heterocycles. The topological polar surface area (TPSA) is 44.1 Å². The monoisotopic (exact) mass is 242 g/mol. The zero-order valence-corrected chi connectivity index (χ0v) is 10.9. The Bertz CT molecular complexity index is 469. The molecule has 1 aromatic carbocycles. The molecule has 1 amide bonds. The quantitative estimate of drug-likeness (QED) is 0.814. The molecule has 18 heavy (non-hydrogen) atoms.